The third-order valence-corrected chi connectivity index (χ3v) is 4.79. The second kappa shape index (κ2) is 5.16. The van der Waals surface area contributed by atoms with Gasteiger partial charge in [0.2, 0.25) is 0 Å². The Balaban J connectivity index is 1.79. The van der Waals surface area contributed by atoms with Gasteiger partial charge in [0.15, 0.2) is 0 Å². The van der Waals surface area contributed by atoms with Crippen molar-refractivity contribution in [1.82, 2.24) is 4.90 Å². The van der Waals surface area contributed by atoms with Gasteiger partial charge in [-0.1, -0.05) is 24.6 Å². The van der Waals surface area contributed by atoms with Crippen LogP contribution in [0.3, 0.4) is 0 Å². The maximum absolute atomic E-state index is 6.46. The summed E-state index contributed by atoms with van der Waals surface area (Å²) in [4.78, 5) is 2.27. The van der Waals surface area contributed by atoms with Gasteiger partial charge in [-0.05, 0) is 58.8 Å². The van der Waals surface area contributed by atoms with Crippen molar-refractivity contribution in [2.24, 2.45) is 0 Å². The summed E-state index contributed by atoms with van der Waals surface area (Å²) in [5.74, 6) is 1.79. The van der Waals surface area contributed by atoms with Crippen molar-refractivity contribution in [3.8, 4) is 5.75 Å². The molecular weight excluding hydrogens is 234 g/mol. The van der Waals surface area contributed by atoms with Crippen LogP contribution in [0.2, 0.25) is 0 Å². The normalized spacial score (nSPS) is 28.9. The highest BCUT2D eigenvalue weighted by Crippen LogP contribution is 2.53. The van der Waals surface area contributed by atoms with Crippen LogP contribution < -0.4 is 4.74 Å². The molecule has 1 aliphatic carbocycles. The molecule has 0 spiro atoms. The van der Waals surface area contributed by atoms with Gasteiger partial charge >= 0.3 is 0 Å². The standard InChI is InChI=1S/C17H25NO/c1-18(2)13-7-12-17-11-6-5-9-15(17)14-8-3-4-10-16(14)19-17/h3-4,8,10,15H,5-7,9,11-13H2,1-2H3/t15-,17+/m0/s1. The molecule has 0 radical (unpaired) electrons. The minimum atomic E-state index is 0.109. The van der Waals surface area contributed by atoms with Crippen LogP contribution >= 0.6 is 0 Å². The predicted molar refractivity (Wildman–Crippen MR) is 78.8 cm³/mol. The summed E-state index contributed by atoms with van der Waals surface area (Å²) in [5, 5.41) is 0. The number of fused-ring (bicyclic) bond motifs is 3. The number of rotatable bonds is 4. The van der Waals surface area contributed by atoms with Gasteiger partial charge in [-0.3, -0.25) is 0 Å². The molecule has 2 nitrogen and oxygen atoms in total. The summed E-state index contributed by atoms with van der Waals surface area (Å²) in [6, 6.07) is 8.69. The fourth-order valence-corrected chi connectivity index (χ4v) is 3.90. The molecule has 2 atom stereocenters. The molecule has 3 rings (SSSR count). The molecule has 1 saturated carbocycles. The minimum Gasteiger partial charge on any atom is -0.486 e. The van der Waals surface area contributed by atoms with E-state index in [-0.39, 0.29) is 5.60 Å². The molecule has 0 amide bonds. The van der Waals surface area contributed by atoms with Gasteiger partial charge in [0, 0.05) is 11.5 Å². The highest BCUT2D eigenvalue weighted by molar-refractivity contribution is 5.43. The van der Waals surface area contributed by atoms with Crippen LogP contribution in [0.15, 0.2) is 24.3 Å². The molecule has 0 bridgehead atoms. The third-order valence-electron chi connectivity index (χ3n) is 4.79. The van der Waals surface area contributed by atoms with E-state index in [1.807, 2.05) is 0 Å². The SMILES string of the molecule is CN(C)CCC[C@]12CCCC[C@H]1c1ccccc1O2. The van der Waals surface area contributed by atoms with Crippen molar-refractivity contribution in [3.63, 3.8) is 0 Å². The van der Waals surface area contributed by atoms with Crippen LogP contribution in [-0.4, -0.2) is 31.1 Å². The molecule has 1 aliphatic heterocycles. The number of ether oxygens (including phenoxy) is 1. The maximum atomic E-state index is 6.46. The first-order chi connectivity index (χ1) is 9.21. The van der Waals surface area contributed by atoms with Crippen LogP contribution in [0.4, 0.5) is 0 Å². The van der Waals surface area contributed by atoms with Crippen LogP contribution in [0.5, 0.6) is 5.75 Å². The molecule has 1 aromatic carbocycles. The van der Waals surface area contributed by atoms with Crippen LogP contribution in [0, 0.1) is 0 Å². The second-order valence-corrected chi connectivity index (χ2v) is 6.41. The molecule has 1 aromatic rings. The van der Waals surface area contributed by atoms with Crippen molar-refractivity contribution in [2.45, 2.75) is 50.0 Å². The Hall–Kier alpha value is -1.02. The van der Waals surface area contributed by atoms with E-state index in [0.717, 1.165) is 12.3 Å². The van der Waals surface area contributed by atoms with E-state index in [1.54, 1.807) is 0 Å². The topological polar surface area (TPSA) is 12.5 Å². The molecule has 2 aliphatic rings. The van der Waals surface area contributed by atoms with Gasteiger partial charge in [0.1, 0.15) is 11.4 Å². The molecule has 0 unspecified atom stereocenters. The molecule has 0 N–H and O–H groups in total. The molecule has 0 saturated heterocycles. The predicted octanol–water partition coefficient (Wildman–Crippen LogP) is 3.82. The number of benzene rings is 1. The van der Waals surface area contributed by atoms with E-state index < -0.39 is 0 Å². The molecule has 1 heterocycles. The second-order valence-electron chi connectivity index (χ2n) is 6.41. The van der Waals surface area contributed by atoms with Gasteiger partial charge in [0.05, 0.1) is 0 Å². The third kappa shape index (κ3) is 2.38. The van der Waals surface area contributed by atoms with Crippen molar-refractivity contribution in [2.75, 3.05) is 20.6 Å². The minimum absolute atomic E-state index is 0.109. The van der Waals surface area contributed by atoms with Gasteiger partial charge in [-0.2, -0.15) is 0 Å². The summed E-state index contributed by atoms with van der Waals surface area (Å²) >= 11 is 0. The molecule has 104 valence electrons. The summed E-state index contributed by atoms with van der Waals surface area (Å²) < 4.78 is 6.46. The highest BCUT2D eigenvalue weighted by Gasteiger charge is 2.48. The van der Waals surface area contributed by atoms with Gasteiger partial charge in [0.25, 0.3) is 0 Å². The van der Waals surface area contributed by atoms with E-state index >= 15 is 0 Å². The van der Waals surface area contributed by atoms with Gasteiger partial charge < -0.3 is 9.64 Å². The van der Waals surface area contributed by atoms with E-state index in [9.17, 15) is 0 Å². The number of hydrogen-bond acceptors (Lipinski definition) is 2. The van der Waals surface area contributed by atoms with E-state index in [2.05, 4.69) is 43.3 Å². The summed E-state index contributed by atoms with van der Waals surface area (Å²) in [7, 11) is 4.31. The Morgan fingerprint density at radius 1 is 1.26 bits per heavy atom. The molecule has 2 heteroatoms. The fourth-order valence-electron chi connectivity index (χ4n) is 3.90. The van der Waals surface area contributed by atoms with Crippen molar-refractivity contribution in [1.29, 1.82) is 0 Å². The van der Waals surface area contributed by atoms with Crippen molar-refractivity contribution >= 4 is 0 Å². The first kappa shape index (κ1) is 13.0. The highest BCUT2D eigenvalue weighted by atomic mass is 16.5. The van der Waals surface area contributed by atoms with E-state index in [0.29, 0.717) is 5.92 Å². The Bertz CT molecular complexity index is 443. The number of nitrogens with zero attached hydrogens (tertiary/aromatic N) is 1. The summed E-state index contributed by atoms with van der Waals surface area (Å²) in [6.45, 7) is 1.16. The number of para-hydroxylation sites is 1. The Morgan fingerprint density at radius 2 is 2.11 bits per heavy atom. The molecule has 1 fully saturated rings. The van der Waals surface area contributed by atoms with Crippen LogP contribution in [0.25, 0.3) is 0 Å². The monoisotopic (exact) mass is 259 g/mol. The molecular formula is C17H25NO. The lowest BCUT2D eigenvalue weighted by atomic mass is 9.71. The fraction of sp³-hybridized carbons (Fsp3) is 0.647. The van der Waals surface area contributed by atoms with Crippen LogP contribution in [0.1, 0.15) is 50.0 Å². The van der Waals surface area contributed by atoms with E-state index in [4.69, 9.17) is 4.74 Å². The van der Waals surface area contributed by atoms with E-state index in [1.165, 1.54) is 44.1 Å². The molecule has 19 heavy (non-hydrogen) atoms. The average molecular weight is 259 g/mol. The quantitative estimate of drug-likeness (QED) is 0.815. The number of hydrogen-bond donors (Lipinski definition) is 0. The molecule has 0 aromatic heterocycles. The lowest BCUT2D eigenvalue weighted by Crippen LogP contribution is -2.41. The Kier molecular flexibility index (Phi) is 3.53. The van der Waals surface area contributed by atoms with Crippen molar-refractivity contribution in [3.05, 3.63) is 29.8 Å². The summed E-state index contributed by atoms with van der Waals surface area (Å²) in [5.41, 5.74) is 1.57. The zero-order chi connectivity index (χ0) is 13.3. The average Bonchev–Trinajstić information content (AvgIpc) is 2.72. The smallest absolute Gasteiger partial charge is 0.123 e. The lowest BCUT2D eigenvalue weighted by Gasteiger charge is -2.38. The van der Waals surface area contributed by atoms with Crippen LogP contribution in [-0.2, 0) is 0 Å². The van der Waals surface area contributed by atoms with Gasteiger partial charge in [-0.25, -0.2) is 0 Å². The lowest BCUT2D eigenvalue weighted by molar-refractivity contribution is 0.0239. The first-order valence-electron chi connectivity index (χ1n) is 7.64. The van der Waals surface area contributed by atoms with Gasteiger partial charge in [-0.15, -0.1) is 0 Å². The largest absolute Gasteiger partial charge is 0.486 e. The summed E-state index contributed by atoms with van der Waals surface area (Å²) in [6.07, 6.45) is 7.66. The zero-order valence-electron chi connectivity index (χ0n) is 12.2. The zero-order valence-corrected chi connectivity index (χ0v) is 12.2. The Morgan fingerprint density at radius 3 is 2.95 bits per heavy atom. The maximum Gasteiger partial charge on any atom is 0.123 e. The Labute approximate surface area is 116 Å². The van der Waals surface area contributed by atoms with Crippen molar-refractivity contribution < 1.29 is 4.74 Å². The first-order valence-corrected chi connectivity index (χ1v) is 7.64.